The van der Waals surface area contributed by atoms with Crippen LogP contribution < -0.4 is 0 Å². The predicted molar refractivity (Wildman–Crippen MR) is 96.4 cm³/mol. The maximum atomic E-state index is 4.60. The van der Waals surface area contributed by atoms with E-state index in [0.717, 1.165) is 33.3 Å². The molecule has 0 unspecified atom stereocenters. The SMILES string of the molecule is Cn1nc2ccc(C#Cc3ccccc3)cc2c1-c1ccncc1. The van der Waals surface area contributed by atoms with Crippen molar-refractivity contribution < 1.29 is 0 Å². The largest absolute Gasteiger partial charge is 0.267 e. The van der Waals surface area contributed by atoms with E-state index >= 15 is 0 Å². The molecule has 0 atom stereocenters. The van der Waals surface area contributed by atoms with Crippen molar-refractivity contribution in [2.24, 2.45) is 7.05 Å². The van der Waals surface area contributed by atoms with Gasteiger partial charge in [-0.15, -0.1) is 0 Å². The van der Waals surface area contributed by atoms with Gasteiger partial charge in [0.1, 0.15) is 0 Å². The highest BCUT2D eigenvalue weighted by Gasteiger charge is 2.11. The summed E-state index contributed by atoms with van der Waals surface area (Å²) in [5, 5.41) is 5.70. The second-order valence-corrected chi connectivity index (χ2v) is 5.56. The van der Waals surface area contributed by atoms with Crippen molar-refractivity contribution in [3.63, 3.8) is 0 Å². The van der Waals surface area contributed by atoms with Gasteiger partial charge in [-0.25, -0.2) is 0 Å². The molecule has 4 rings (SSSR count). The maximum Gasteiger partial charge on any atom is 0.0930 e. The van der Waals surface area contributed by atoms with Gasteiger partial charge in [0.25, 0.3) is 0 Å². The molecule has 3 nitrogen and oxygen atoms in total. The Labute approximate surface area is 140 Å². The zero-order valence-electron chi connectivity index (χ0n) is 13.3. The molecular weight excluding hydrogens is 294 g/mol. The summed E-state index contributed by atoms with van der Waals surface area (Å²) < 4.78 is 1.91. The van der Waals surface area contributed by atoms with E-state index in [4.69, 9.17) is 0 Å². The van der Waals surface area contributed by atoms with E-state index in [2.05, 4.69) is 28.0 Å². The molecule has 0 saturated carbocycles. The Morgan fingerprint density at radius 1 is 0.833 bits per heavy atom. The van der Waals surface area contributed by atoms with Gasteiger partial charge in [0.2, 0.25) is 0 Å². The molecule has 114 valence electrons. The first-order valence-electron chi connectivity index (χ1n) is 7.75. The summed E-state index contributed by atoms with van der Waals surface area (Å²) in [6.07, 6.45) is 3.60. The molecular formula is C21H15N3. The molecule has 0 radical (unpaired) electrons. The first-order valence-corrected chi connectivity index (χ1v) is 7.75. The average molecular weight is 309 g/mol. The fourth-order valence-corrected chi connectivity index (χ4v) is 2.79. The number of benzene rings is 2. The van der Waals surface area contributed by atoms with E-state index in [1.807, 2.05) is 66.3 Å². The normalized spacial score (nSPS) is 10.4. The highest BCUT2D eigenvalue weighted by atomic mass is 15.3. The summed E-state index contributed by atoms with van der Waals surface area (Å²) in [4.78, 5) is 4.09. The van der Waals surface area contributed by atoms with Gasteiger partial charge >= 0.3 is 0 Å². The quantitative estimate of drug-likeness (QED) is 0.497. The van der Waals surface area contributed by atoms with Gasteiger partial charge in [-0.05, 0) is 42.5 Å². The minimum Gasteiger partial charge on any atom is -0.267 e. The topological polar surface area (TPSA) is 30.7 Å². The summed E-state index contributed by atoms with van der Waals surface area (Å²) >= 11 is 0. The van der Waals surface area contributed by atoms with Crippen LogP contribution in [0.15, 0.2) is 73.1 Å². The lowest BCUT2D eigenvalue weighted by atomic mass is 10.1. The molecule has 0 bridgehead atoms. The lowest BCUT2D eigenvalue weighted by molar-refractivity contribution is 0.788. The lowest BCUT2D eigenvalue weighted by Gasteiger charge is -2.02. The Hall–Kier alpha value is -3.38. The van der Waals surface area contributed by atoms with Gasteiger partial charge in [-0.2, -0.15) is 5.10 Å². The Kier molecular flexibility index (Phi) is 3.57. The Morgan fingerprint density at radius 2 is 1.58 bits per heavy atom. The monoisotopic (exact) mass is 309 g/mol. The van der Waals surface area contributed by atoms with Crippen LogP contribution in [0.5, 0.6) is 0 Å². The van der Waals surface area contributed by atoms with Crippen LogP contribution in [-0.4, -0.2) is 14.8 Å². The smallest absolute Gasteiger partial charge is 0.0930 e. The van der Waals surface area contributed by atoms with E-state index in [1.54, 1.807) is 12.4 Å². The molecule has 0 fully saturated rings. The van der Waals surface area contributed by atoms with Crippen molar-refractivity contribution in [2.75, 3.05) is 0 Å². The first-order chi connectivity index (χ1) is 11.8. The summed E-state index contributed by atoms with van der Waals surface area (Å²) in [6.45, 7) is 0. The van der Waals surface area contributed by atoms with Crippen LogP contribution in [0.2, 0.25) is 0 Å². The molecule has 0 aliphatic carbocycles. The number of pyridine rings is 1. The van der Waals surface area contributed by atoms with E-state index in [1.165, 1.54) is 0 Å². The third-order valence-electron chi connectivity index (χ3n) is 3.91. The maximum absolute atomic E-state index is 4.60. The molecule has 0 spiro atoms. The van der Waals surface area contributed by atoms with Crippen molar-refractivity contribution in [2.45, 2.75) is 0 Å². The molecule has 0 aliphatic heterocycles. The van der Waals surface area contributed by atoms with Gasteiger partial charge in [0, 0.05) is 41.5 Å². The van der Waals surface area contributed by atoms with Crippen molar-refractivity contribution in [3.8, 4) is 23.1 Å². The standard InChI is InChI=1S/C21H15N3/c1-24-21(18-11-13-22-14-12-18)19-15-17(9-10-20(19)23-24)8-7-16-5-3-2-4-6-16/h2-6,9-15H,1H3. The van der Waals surface area contributed by atoms with E-state index < -0.39 is 0 Å². The molecule has 0 saturated heterocycles. The van der Waals surface area contributed by atoms with Crippen molar-refractivity contribution in [1.29, 1.82) is 0 Å². The zero-order chi connectivity index (χ0) is 16.4. The molecule has 24 heavy (non-hydrogen) atoms. The van der Waals surface area contributed by atoms with Crippen molar-refractivity contribution in [3.05, 3.63) is 84.2 Å². The molecule has 4 aromatic rings. The zero-order valence-corrected chi connectivity index (χ0v) is 13.3. The molecule has 0 N–H and O–H groups in total. The van der Waals surface area contributed by atoms with Crippen LogP contribution in [-0.2, 0) is 7.05 Å². The number of hydrogen-bond donors (Lipinski definition) is 0. The molecule has 3 heteroatoms. The van der Waals surface area contributed by atoms with Gasteiger partial charge in [0.05, 0.1) is 11.2 Å². The molecule has 0 amide bonds. The molecule has 2 heterocycles. The van der Waals surface area contributed by atoms with Gasteiger partial charge < -0.3 is 0 Å². The number of nitrogens with zero attached hydrogens (tertiary/aromatic N) is 3. The predicted octanol–water partition coefficient (Wildman–Crippen LogP) is 4.04. The number of aryl methyl sites for hydroxylation is 1. The van der Waals surface area contributed by atoms with Crippen LogP contribution in [0.1, 0.15) is 11.1 Å². The summed E-state index contributed by atoms with van der Waals surface area (Å²) in [5.74, 6) is 6.45. The van der Waals surface area contributed by atoms with Crippen molar-refractivity contribution in [1.82, 2.24) is 14.8 Å². The summed E-state index contributed by atoms with van der Waals surface area (Å²) in [7, 11) is 1.96. The third kappa shape index (κ3) is 2.66. The molecule has 0 aliphatic rings. The van der Waals surface area contributed by atoms with Gasteiger partial charge in [0.15, 0.2) is 0 Å². The average Bonchev–Trinajstić information content (AvgIpc) is 2.96. The molecule has 2 aromatic carbocycles. The number of rotatable bonds is 1. The third-order valence-corrected chi connectivity index (χ3v) is 3.91. The van der Waals surface area contributed by atoms with Gasteiger partial charge in [-0.3, -0.25) is 9.67 Å². The lowest BCUT2D eigenvalue weighted by Crippen LogP contribution is -1.93. The van der Waals surface area contributed by atoms with Crippen LogP contribution in [0.4, 0.5) is 0 Å². The number of fused-ring (bicyclic) bond motifs is 1. The van der Waals surface area contributed by atoms with Crippen LogP contribution in [0.25, 0.3) is 22.2 Å². The fourth-order valence-electron chi connectivity index (χ4n) is 2.79. The van der Waals surface area contributed by atoms with E-state index in [-0.39, 0.29) is 0 Å². The highest BCUT2D eigenvalue weighted by Crippen LogP contribution is 2.28. The Bertz CT molecular complexity index is 1050. The second kappa shape index (κ2) is 6.02. The second-order valence-electron chi connectivity index (χ2n) is 5.56. The summed E-state index contributed by atoms with van der Waals surface area (Å²) in [6, 6.07) is 20.2. The first kappa shape index (κ1) is 14.2. The Balaban J connectivity index is 1.82. The van der Waals surface area contributed by atoms with Crippen LogP contribution in [0, 0.1) is 11.8 Å². The van der Waals surface area contributed by atoms with Crippen LogP contribution >= 0.6 is 0 Å². The fraction of sp³-hybridized carbons (Fsp3) is 0.0476. The highest BCUT2D eigenvalue weighted by molar-refractivity contribution is 5.94. The number of aromatic nitrogens is 3. The summed E-state index contributed by atoms with van der Waals surface area (Å²) in [5.41, 5.74) is 5.14. The van der Waals surface area contributed by atoms with Crippen LogP contribution in [0.3, 0.4) is 0 Å². The minimum atomic E-state index is 0.967. The van der Waals surface area contributed by atoms with E-state index in [9.17, 15) is 0 Å². The van der Waals surface area contributed by atoms with E-state index in [0.29, 0.717) is 0 Å². The molecule has 2 aromatic heterocycles. The number of hydrogen-bond acceptors (Lipinski definition) is 2. The van der Waals surface area contributed by atoms with Crippen molar-refractivity contribution >= 4 is 10.9 Å². The van der Waals surface area contributed by atoms with Gasteiger partial charge in [-0.1, -0.05) is 30.0 Å². The Morgan fingerprint density at radius 3 is 2.38 bits per heavy atom. The minimum absolute atomic E-state index is 0.967.